The van der Waals surface area contributed by atoms with Crippen molar-refractivity contribution in [3.63, 3.8) is 0 Å². The molecule has 8 heteroatoms. The van der Waals surface area contributed by atoms with Crippen molar-refractivity contribution in [1.29, 1.82) is 0 Å². The molecule has 1 N–H and O–H groups in total. The van der Waals surface area contributed by atoms with E-state index >= 15 is 0 Å². The molecule has 3 rings (SSSR count). The van der Waals surface area contributed by atoms with Crippen molar-refractivity contribution in [1.82, 2.24) is 10.2 Å². The summed E-state index contributed by atoms with van der Waals surface area (Å²) < 4.78 is 28.3. The van der Waals surface area contributed by atoms with Crippen LogP contribution in [0.3, 0.4) is 0 Å². The van der Waals surface area contributed by atoms with Gasteiger partial charge in [0.05, 0.1) is 30.8 Å². The summed E-state index contributed by atoms with van der Waals surface area (Å²) in [5.74, 6) is 1.01. The SMILES string of the molecule is COc1ccccc1N1CCN(CC(=O)N[C@H]2CCS(=O)(=O)C2)CC1. The Morgan fingerprint density at radius 1 is 1.24 bits per heavy atom. The number of anilines is 1. The number of amides is 1. The molecule has 7 nitrogen and oxygen atoms in total. The fourth-order valence-electron chi connectivity index (χ4n) is 3.42. The first-order valence-corrected chi connectivity index (χ1v) is 10.4. The zero-order chi connectivity index (χ0) is 17.9. The van der Waals surface area contributed by atoms with Crippen LogP contribution in [0.25, 0.3) is 0 Å². The van der Waals surface area contributed by atoms with E-state index in [1.54, 1.807) is 7.11 Å². The van der Waals surface area contributed by atoms with Crippen LogP contribution in [-0.2, 0) is 14.6 Å². The van der Waals surface area contributed by atoms with Gasteiger partial charge in [-0.05, 0) is 18.6 Å². The molecule has 0 spiro atoms. The molecule has 0 aliphatic carbocycles. The molecule has 1 aromatic carbocycles. The molecule has 2 fully saturated rings. The quantitative estimate of drug-likeness (QED) is 0.796. The maximum atomic E-state index is 12.1. The van der Waals surface area contributed by atoms with Gasteiger partial charge in [0.25, 0.3) is 0 Å². The van der Waals surface area contributed by atoms with Gasteiger partial charge in [0, 0.05) is 32.2 Å². The van der Waals surface area contributed by atoms with Crippen LogP contribution in [0.5, 0.6) is 5.75 Å². The van der Waals surface area contributed by atoms with E-state index in [1.807, 2.05) is 24.3 Å². The fourth-order valence-corrected chi connectivity index (χ4v) is 5.10. The van der Waals surface area contributed by atoms with Gasteiger partial charge < -0.3 is 15.0 Å². The van der Waals surface area contributed by atoms with Crippen LogP contribution < -0.4 is 15.0 Å². The molecule has 0 radical (unpaired) electrons. The zero-order valence-corrected chi connectivity index (χ0v) is 15.3. The van der Waals surface area contributed by atoms with E-state index in [9.17, 15) is 13.2 Å². The molecule has 0 aromatic heterocycles. The number of para-hydroxylation sites is 2. The number of carbonyl (C=O) groups excluding carboxylic acids is 1. The van der Waals surface area contributed by atoms with E-state index in [4.69, 9.17) is 4.74 Å². The Hall–Kier alpha value is -1.80. The topological polar surface area (TPSA) is 79.0 Å². The highest BCUT2D eigenvalue weighted by Gasteiger charge is 2.29. The summed E-state index contributed by atoms with van der Waals surface area (Å²) in [6.07, 6.45) is 0.523. The summed E-state index contributed by atoms with van der Waals surface area (Å²) in [4.78, 5) is 16.5. The van der Waals surface area contributed by atoms with E-state index in [1.165, 1.54) is 0 Å². The van der Waals surface area contributed by atoms with Crippen molar-refractivity contribution < 1.29 is 17.9 Å². The van der Waals surface area contributed by atoms with Gasteiger partial charge in [-0.25, -0.2) is 8.42 Å². The molecule has 1 amide bonds. The number of methoxy groups -OCH3 is 1. The Balaban J connectivity index is 1.47. The monoisotopic (exact) mass is 367 g/mol. The van der Waals surface area contributed by atoms with Crippen LogP contribution >= 0.6 is 0 Å². The van der Waals surface area contributed by atoms with Crippen molar-refractivity contribution >= 4 is 21.4 Å². The van der Waals surface area contributed by atoms with Crippen molar-refractivity contribution in [2.45, 2.75) is 12.5 Å². The highest BCUT2D eigenvalue weighted by molar-refractivity contribution is 7.91. The molecule has 0 saturated carbocycles. The van der Waals surface area contributed by atoms with E-state index in [0.717, 1.165) is 37.6 Å². The molecule has 1 aromatic rings. The number of hydrogen-bond acceptors (Lipinski definition) is 6. The number of piperazine rings is 1. The van der Waals surface area contributed by atoms with Crippen molar-refractivity contribution in [2.75, 3.05) is 56.2 Å². The minimum absolute atomic E-state index is 0.0698. The molecule has 0 bridgehead atoms. The maximum Gasteiger partial charge on any atom is 0.234 e. The zero-order valence-electron chi connectivity index (χ0n) is 14.5. The smallest absolute Gasteiger partial charge is 0.234 e. The Bertz CT molecular complexity index is 714. The van der Waals surface area contributed by atoms with Gasteiger partial charge in [0.15, 0.2) is 9.84 Å². The molecule has 2 aliphatic heterocycles. The van der Waals surface area contributed by atoms with Crippen molar-refractivity contribution in [3.8, 4) is 5.75 Å². The summed E-state index contributed by atoms with van der Waals surface area (Å²) in [5, 5.41) is 2.85. The minimum atomic E-state index is -2.97. The third-order valence-electron chi connectivity index (χ3n) is 4.76. The predicted molar refractivity (Wildman–Crippen MR) is 96.8 cm³/mol. The van der Waals surface area contributed by atoms with Gasteiger partial charge in [0.1, 0.15) is 5.75 Å². The van der Waals surface area contributed by atoms with E-state index in [0.29, 0.717) is 13.0 Å². The van der Waals surface area contributed by atoms with Gasteiger partial charge in [-0.15, -0.1) is 0 Å². The number of sulfone groups is 1. The van der Waals surface area contributed by atoms with Gasteiger partial charge in [-0.3, -0.25) is 9.69 Å². The number of hydrogen-bond donors (Lipinski definition) is 1. The van der Waals surface area contributed by atoms with Crippen molar-refractivity contribution in [2.24, 2.45) is 0 Å². The Labute approximate surface area is 148 Å². The normalized spacial score (nSPS) is 23.4. The van der Waals surface area contributed by atoms with Crippen LogP contribution in [0.1, 0.15) is 6.42 Å². The highest BCUT2D eigenvalue weighted by atomic mass is 32.2. The maximum absolute atomic E-state index is 12.1. The number of nitrogens with zero attached hydrogens (tertiary/aromatic N) is 2. The summed E-state index contributed by atoms with van der Waals surface area (Å²) in [5.41, 5.74) is 1.07. The second kappa shape index (κ2) is 7.61. The first-order valence-electron chi connectivity index (χ1n) is 8.57. The number of ether oxygens (including phenoxy) is 1. The molecule has 1 atom stereocenters. The molecule has 25 heavy (non-hydrogen) atoms. The summed E-state index contributed by atoms with van der Waals surface area (Å²) in [7, 11) is -1.30. The first-order chi connectivity index (χ1) is 12.0. The van der Waals surface area contributed by atoms with E-state index < -0.39 is 9.84 Å². The van der Waals surface area contributed by atoms with Crippen LogP contribution in [0.4, 0.5) is 5.69 Å². The molecular formula is C17H25N3O4S. The van der Waals surface area contributed by atoms with Crippen molar-refractivity contribution in [3.05, 3.63) is 24.3 Å². The Morgan fingerprint density at radius 2 is 1.96 bits per heavy atom. The molecular weight excluding hydrogens is 342 g/mol. The molecule has 0 unspecified atom stereocenters. The largest absolute Gasteiger partial charge is 0.495 e. The van der Waals surface area contributed by atoms with E-state index in [2.05, 4.69) is 15.1 Å². The minimum Gasteiger partial charge on any atom is -0.495 e. The molecule has 2 saturated heterocycles. The standard InChI is InChI=1S/C17H25N3O4S/c1-24-16-5-3-2-4-15(16)20-9-7-19(8-10-20)12-17(21)18-14-6-11-25(22,23)13-14/h2-5,14H,6-13H2,1H3,(H,18,21)/t14-/m0/s1. The highest BCUT2D eigenvalue weighted by Crippen LogP contribution is 2.28. The number of rotatable bonds is 5. The molecule has 138 valence electrons. The predicted octanol–water partition coefficient (Wildman–Crippen LogP) is 0.121. The average molecular weight is 367 g/mol. The Kier molecular flexibility index (Phi) is 5.48. The van der Waals surface area contributed by atoms with Crippen LogP contribution in [0, 0.1) is 0 Å². The van der Waals surface area contributed by atoms with Crippen LogP contribution in [0.2, 0.25) is 0 Å². The number of benzene rings is 1. The Morgan fingerprint density at radius 3 is 2.60 bits per heavy atom. The second-order valence-corrected chi connectivity index (χ2v) is 8.83. The number of carbonyl (C=O) groups is 1. The van der Waals surface area contributed by atoms with Gasteiger partial charge in [-0.1, -0.05) is 12.1 Å². The summed E-state index contributed by atoms with van der Waals surface area (Å²) in [6.45, 7) is 3.54. The summed E-state index contributed by atoms with van der Waals surface area (Å²) >= 11 is 0. The summed E-state index contributed by atoms with van der Waals surface area (Å²) in [6, 6.07) is 7.71. The molecule has 2 aliphatic rings. The lowest BCUT2D eigenvalue weighted by Gasteiger charge is -2.36. The fraction of sp³-hybridized carbons (Fsp3) is 0.588. The van der Waals surface area contributed by atoms with Crippen LogP contribution in [-0.4, -0.2) is 76.6 Å². The van der Waals surface area contributed by atoms with Gasteiger partial charge in [0.2, 0.25) is 5.91 Å². The van der Waals surface area contributed by atoms with Gasteiger partial charge in [-0.2, -0.15) is 0 Å². The first kappa shape index (κ1) is 18.0. The number of nitrogens with one attached hydrogen (secondary N) is 1. The molecule has 2 heterocycles. The second-order valence-electron chi connectivity index (χ2n) is 6.60. The lowest BCUT2D eigenvalue weighted by molar-refractivity contribution is -0.122. The van der Waals surface area contributed by atoms with Crippen LogP contribution in [0.15, 0.2) is 24.3 Å². The lowest BCUT2D eigenvalue weighted by atomic mass is 10.2. The van der Waals surface area contributed by atoms with Gasteiger partial charge >= 0.3 is 0 Å². The lowest BCUT2D eigenvalue weighted by Crippen LogP contribution is -2.50. The third-order valence-corrected chi connectivity index (χ3v) is 6.53. The third kappa shape index (κ3) is 4.64. The van der Waals surface area contributed by atoms with E-state index in [-0.39, 0.29) is 23.5 Å². The average Bonchev–Trinajstić information content (AvgIpc) is 2.94.